The molecule has 0 aromatic heterocycles. The van der Waals surface area contributed by atoms with Gasteiger partial charge in [-0.05, 0) is 30.2 Å². The molecule has 2 atom stereocenters. The monoisotopic (exact) mass is 182 g/mol. The van der Waals surface area contributed by atoms with Gasteiger partial charge in [0.25, 0.3) is 0 Å². The Bertz CT molecular complexity index is 384. The van der Waals surface area contributed by atoms with Crippen LogP contribution in [0.3, 0.4) is 0 Å². The normalized spacial score (nSPS) is 28.1. The molecular weight excluding hydrogens is 168 g/mol. The van der Waals surface area contributed by atoms with E-state index in [4.69, 9.17) is 0 Å². The summed E-state index contributed by atoms with van der Waals surface area (Å²) in [6, 6.07) is 10.8. The van der Waals surface area contributed by atoms with E-state index in [1.807, 2.05) is 0 Å². The Morgan fingerprint density at radius 1 is 1.14 bits per heavy atom. The SMILES string of the molecule is C1=CC2CC2C(Cc2ccccc2)=C1. The van der Waals surface area contributed by atoms with E-state index in [2.05, 4.69) is 48.6 Å². The molecule has 1 fully saturated rings. The van der Waals surface area contributed by atoms with E-state index in [-0.39, 0.29) is 0 Å². The fraction of sp³-hybridized carbons (Fsp3) is 0.286. The predicted octanol–water partition coefficient (Wildman–Crippen LogP) is 3.36. The molecule has 0 saturated heterocycles. The van der Waals surface area contributed by atoms with Crippen LogP contribution in [0, 0.1) is 11.8 Å². The van der Waals surface area contributed by atoms with Crippen LogP contribution in [-0.4, -0.2) is 0 Å². The Labute approximate surface area is 85.0 Å². The Morgan fingerprint density at radius 3 is 2.86 bits per heavy atom. The van der Waals surface area contributed by atoms with Gasteiger partial charge in [-0.3, -0.25) is 0 Å². The van der Waals surface area contributed by atoms with E-state index in [0.29, 0.717) is 0 Å². The molecule has 0 bridgehead atoms. The van der Waals surface area contributed by atoms with E-state index in [1.165, 1.54) is 12.0 Å². The molecule has 14 heavy (non-hydrogen) atoms. The average Bonchev–Trinajstić information content (AvgIpc) is 2.99. The Kier molecular flexibility index (Phi) is 1.80. The van der Waals surface area contributed by atoms with Gasteiger partial charge in [-0.15, -0.1) is 0 Å². The van der Waals surface area contributed by atoms with Crippen LogP contribution in [0.2, 0.25) is 0 Å². The highest BCUT2D eigenvalue weighted by Crippen LogP contribution is 2.48. The lowest BCUT2D eigenvalue weighted by atomic mass is 9.97. The van der Waals surface area contributed by atoms with Crippen LogP contribution in [0.25, 0.3) is 0 Å². The van der Waals surface area contributed by atoms with Gasteiger partial charge >= 0.3 is 0 Å². The van der Waals surface area contributed by atoms with Crippen molar-refractivity contribution in [2.75, 3.05) is 0 Å². The summed E-state index contributed by atoms with van der Waals surface area (Å²) in [6.45, 7) is 0. The van der Waals surface area contributed by atoms with Gasteiger partial charge in [0.1, 0.15) is 0 Å². The lowest BCUT2D eigenvalue weighted by Crippen LogP contribution is -1.96. The molecule has 70 valence electrons. The van der Waals surface area contributed by atoms with Gasteiger partial charge in [-0.25, -0.2) is 0 Å². The quantitative estimate of drug-likeness (QED) is 0.658. The highest BCUT2D eigenvalue weighted by atomic mass is 14.4. The first-order chi connectivity index (χ1) is 6.93. The predicted molar refractivity (Wildman–Crippen MR) is 59.0 cm³/mol. The number of rotatable bonds is 2. The van der Waals surface area contributed by atoms with Crippen LogP contribution in [0.5, 0.6) is 0 Å². The highest BCUT2D eigenvalue weighted by Gasteiger charge is 2.38. The molecule has 0 radical (unpaired) electrons. The molecule has 2 aliphatic rings. The second-order valence-electron chi connectivity index (χ2n) is 4.29. The van der Waals surface area contributed by atoms with Crippen molar-refractivity contribution in [2.24, 2.45) is 11.8 Å². The summed E-state index contributed by atoms with van der Waals surface area (Å²) >= 11 is 0. The van der Waals surface area contributed by atoms with Crippen molar-refractivity contribution in [3.8, 4) is 0 Å². The van der Waals surface area contributed by atoms with Crippen molar-refractivity contribution < 1.29 is 0 Å². The third-order valence-corrected chi connectivity index (χ3v) is 3.24. The molecule has 1 saturated carbocycles. The maximum Gasteiger partial charge on any atom is -0.00610 e. The first-order valence-electron chi connectivity index (χ1n) is 5.34. The molecule has 0 N–H and O–H groups in total. The minimum atomic E-state index is 0.874. The first kappa shape index (κ1) is 8.05. The van der Waals surface area contributed by atoms with E-state index in [1.54, 1.807) is 5.57 Å². The number of hydrogen-bond acceptors (Lipinski definition) is 0. The van der Waals surface area contributed by atoms with Gasteiger partial charge in [0.15, 0.2) is 0 Å². The fourth-order valence-corrected chi connectivity index (χ4v) is 2.32. The molecule has 1 aromatic carbocycles. The lowest BCUT2D eigenvalue weighted by molar-refractivity contribution is 0.865. The van der Waals surface area contributed by atoms with Crippen LogP contribution >= 0.6 is 0 Å². The van der Waals surface area contributed by atoms with Crippen LogP contribution in [0.4, 0.5) is 0 Å². The van der Waals surface area contributed by atoms with Crippen molar-refractivity contribution in [2.45, 2.75) is 12.8 Å². The van der Waals surface area contributed by atoms with Crippen LogP contribution in [0.1, 0.15) is 12.0 Å². The maximum absolute atomic E-state index is 2.35. The average molecular weight is 182 g/mol. The van der Waals surface area contributed by atoms with E-state index >= 15 is 0 Å². The fourth-order valence-electron chi connectivity index (χ4n) is 2.32. The van der Waals surface area contributed by atoms with Gasteiger partial charge < -0.3 is 0 Å². The summed E-state index contributed by atoms with van der Waals surface area (Å²) in [6.07, 6.45) is 9.41. The van der Waals surface area contributed by atoms with Gasteiger partial charge in [-0.2, -0.15) is 0 Å². The van der Waals surface area contributed by atoms with Crippen LogP contribution in [0.15, 0.2) is 54.1 Å². The Morgan fingerprint density at radius 2 is 2.00 bits per heavy atom. The number of hydrogen-bond donors (Lipinski definition) is 0. The van der Waals surface area contributed by atoms with Crippen molar-refractivity contribution in [1.29, 1.82) is 0 Å². The van der Waals surface area contributed by atoms with E-state index in [0.717, 1.165) is 18.3 Å². The van der Waals surface area contributed by atoms with Gasteiger partial charge in [0.05, 0.1) is 0 Å². The minimum Gasteiger partial charge on any atom is -0.0808 e. The van der Waals surface area contributed by atoms with Crippen molar-refractivity contribution >= 4 is 0 Å². The molecule has 2 unspecified atom stereocenters. The lowest BCUT2D eigenvalue weighted by Gasteiger charge is -2.08. The number of fused-ring (bicyclic) bond motifs is 1. The minimum absolute atomic E-state index is 0.874. The van der Waals surface area contributed by atoms with Crippen molar-refractivity contribution in [3.05, 3.63) is 59.7 Å². The number of benzene rings is 1. The topological polar surface area (TPSA) is 0 Å². The molecule has 3 rings (SSSR count). The highest BCUT2D eigenvalue weighted by molar-refractivity contribution is 5.34. The zero-order chi connectivity index (χ0) is 9.38. The smallest absolute Gasteiger partial charge is 0.00610 e. The van der Waals surface area contributed by atoms with E-state index in [9.17, 15) is 0 Å². The summed E-state index contributed by atoms with van der Waals surface area (Å²) in [5.74, 6) is 1.75. The summed E-state index contributed by atoms with van der Waals surface area (Å²) in [4.78, 5) is 0. The second kappa shape index (κ2) is 3.13. The molecule has 0 spiro atoms. The third-order valence-electron chi connectivity index (χ3n) is 3.24. The molecule has 0 heteroatoms. The Balaban J connectivity index is 1.79. The molecular formula is C14H14. The zero-order valence-electron chi connectivity index (χ0n) is 8.19. The number of allylic oxidation sites excluding steroid dienone is 4. The van der Waals surface area contributed by atoms with Gasteiger partial charge in [0, 0.05) is 0 Å². The standard InChI is InChI=1S/C14H14/c1-2-5-11(6-3-1)9-12-7-4-8-13-10-14(12)13/h1-8,13-14H,9-10H2. The van der Waals surface area contributed by atoms with Gasteiger partial charge in [0.2, 0.25) is 0 Å². The van der Waals surface area contributed by atoms with Crippen molar-refractivity contribution in [1.82, 2.24) is 0 Å². The summed E-state index contributed by atoms with van der Waals surface area (Å²) < 4.78 is 0. The molecule has 0 amide bonds. The molecule has 0 heterocycles. The van der Waals surface area contributed by atoms with Crippen LogP contribution in [-0.2, 0) is 6.42 Å². The van der Waals surface area contributed by atoms with Crippen molar-refractivity contribution in [3.63, 3.8) is 0 Å². The van der Waals surface area contributed by atoms with E-state index < -0.39 is 0 Å². The van der Waals surface area contributed by atoms with Crippen LogP contribution < -0.4 is 0 Å². The second-order valence-corrected chi connectivity index (χ2v) is 4.29. The summed E-state index contributed by atoms with van der Waals surface area (Å²) in [7, 11) is 0. The summed E-state index contributed by atoms with van der Waals surface area (Å²) in [5, 5.41) is 0. The molecule has 0 nitrogen and oxygen atoms in total. The molecule has 0 aliphatic heterocycles. The van der Waals surface area contributed by atoms with Gasteiger partial charge in [-0.1, -0.05) is 54.1 Å². The largest absolute Gasteiger partial charge is 0.0808 e. The molecule has 1 aromatic rings. The Hall–Kier alpha value is -1.30. The maximum atomic E-state index is 2.35. The zero-order valence-corrected chi connectivity index (χ0v) is 8.19. The molecule has 2 aliphatic carbocycles. The first-order valence-corrected chi connectivity index (χ1v) is 5.34. The summed E-state index contributed by atoms with van der Waals surface area (Å²) in [5.41, 5.74) is 3.07. The third kappa shape index (κ3) is 1.41.